The maximum Gasteiger partial charge on any atom is -0.0414 e. The highest BCUT2D eigenvalue weighted by Crippen LogP contribution is 2.19. The third-order valence-electron chi connectivity index (χ3n) is 5.83. The molecule has 1 unspecified atom stereocenters. The Hall–Kier alpha value is 0. The smallest absolute Gasteiger partial charge is 0.0414 e. The fourth-order valence-electron chi connectivity index (χ4n) is 3.91. The summed E-state index contributed by atoms with van der Waals surface area (Å²) in [7, 11) is 0. The van der Waals surface area contributed by atoms with Gasteiger partial charge in [0.1, 0.15) is 0 Å². The van der Waals surface area contributed by atoms with E-state index in [0.29, 0.717) is 5.92 Å². The van der Waals surface area contributed by atoms with Crippen LogP contribution in [0.15, 0.2) is 0 Å². The Labute approximate surface area is 168 Å². The summed E-state index contributed by atoms with van der Waals surface area (Å²) in [5.41, 5.74) is 0. The highest BCUT2D eigenvalue weighted by molar-refractivity contribution is 4.62. The predicted octanol–water partition coefficient (Wildman–Crippen LogP) is 9.87. The molecule has 0 bridgehead atoms. The summed E-state index contributed by atoms with van der Waals surface area (Å²) in [6, 6.07) is 0. The SMILES string of the molecule is [CH2]CCCCCCCCCCCCC([CH2])CCCCCCCCCCC. The first-order valence-corrected chi connectivity index (χ1v) is 12.4. The molecule has 0 fully saturated rings. The van der Waals surface area contributed by atoms with Gasteiger partial charge in [0, 0.05) is 0 Å². The van der Waals surface area contributed by atoms with Gasteiger partial charge in [0.05, 0.1) is 0 Å². The molecular formula is C26H52. The molecule has 1 atom stereocenters. The summed E-state index contributed by atoms with van der Waals surface area (Å²) in [4.78, 5) is 0. The molecule has 0 rings (SSSR count). The Bertz CT molecular complexity index is 232. The van der Waals surface area contributed by atoms with Crippen molar-refractivity contribution < 1.29 is 0 Å². The summed E-state index contributed by atoms with van der Waals surface area (Å²) in [6.07, 6.45) is 31.0. The quantitative estimate of drug-likeness (QED) is 0.168. The van der Waals surface area contributed by atoms with Gasteiger partial charge in [0.15, 0.2) is 0 Å². The van der Waals surface area contributed by atoms with E-state index in [1.165, 1.54) is 135 Å². The molecule has 0 heteroatoms. The van der Waals surface area contributed by atoms with Crippen LogP contribution >= 0.6 is 0 Å². The van der Waals surface area contributed by atoms with Gasteiger partial charge in [-0.3, -0.25) is 0 Å². The molecule has 0 aliphatic rings. The van der Waals surface area contributed by atoms with E-state index in [9.17, 15) is 0 Å². The van der Waals surface area contributed by atoms with Crippen LogP contribution in [0, 0.1) is 19.8 Å². The van der Waals surface area contributed by atoms with Gasteiger partial charge in [-0.1, -0.05) is 162 Å². The standard InChI is InChI=1S/C26H52/c1-4-6-8-10-12-14-15-17-19-21-23-25-26(3)24-22-20-18-16-13-11-9-7-5-2/h26H,1,3-25H2,2H3. The minimum atomic E-state index is 0.715. The first-order chi connectivity index (χ1) is 12.8. The second kappa shape index (κ2) is 23.0. The Balaban J connectivity index is 3.12. The van der Waals surface area contributed by atoms with Crippen molar-refractivity contribution in [2.75, 3.05) is 0 Å². The van der Waals surface area contributed by atoms with E-state index in [1.807, 2.05) is 0 Å². The topological polar surface area (TPSA) is 0 Å². The number of hydrogen-bond acceptors (Lipinski definition) is 0. The molecule has 26 heavy (non-hydrogen) atoms. The van der Waals surface area contributed by atoms with Crippen LogP contribution < -0.4 is 0 Å². The van der Waals surface area contributed by atoms with Crippen LogP contribution in [0.4, 0.5) is 0 Å². The van der Waals surface area contributed by atoms with Crippen LogP contribution in [0.25, 0.3) is 0 Å². The van der Waals surface area contributed by atoms with Crippen LogP contribution in [0.3, 0.4) is 0 Å². The van der Waals surface area contributed by atoms with Gasteiger partial charge in [-0.25, -0.2) is 0 Å². The molecule has 156 valence electrons. The number of hydrogen-bond donors (Lipinski definition) is 0. The molecule has 0 N–H and O–H groups in total. The lowest BCUT2D eigenvalue weighted by Crippen LogP contribution is -1.95. The van der Waals surface area contributed by atoms with Crippen molar-refractivity contribution in [2.45, 2.75) is 148 Å². The van der Waals surface area contributed by atoms with Crippen molar-refractivity contribution >= 4 is 0 Å². The lowest BCUT2D eigenvalue weighted by molar-refractivity contribution is 0.459. The first kappa shape index (κ1) is 26.0. The minimum absolute atomic E-state index is 0.715. The fraction of sp³-hybridized carbons (Fsp3) is 0.923. The molecule has 0 aromatic rings. The van der Waals surface area contributed by atoms with Gasteiger partial charge in [-0.15, -0.1) is 0 Å². The molecule has 0 aromatic heterocycles. The monoisotopic (exact) mass is 364 g/mol. The summed E-state index contributed by atoms with van der Waals surface area (Å²) in [5.74, 6) is 0.715. The maximum absolute atomic E-state index is 4.38. The molecule has 0 aromatic carbocycles. The van der Waals surface area contributed by atoms with Gasteiger partial charge in [-0.2, -0.15) is 0 Å². The Morgan fingerprint density at radius 3 is 1.12 bits per heavy atom. The van der Waals surface area contributed by atoms with Crippen molar-refractivity contribution in [2.24, 2.45) is 5.92 Å². The van der Waals surface area contributed by atoms with Gasteiger partial charge in [0.2, 0.25) is 0 Å². The van der Waals surface area contributed by atoms with Crippen LogP contribution in [0.5, 0.6) is 0 Å². The Morgan fingerprint density at radius 2 is 0.769 bits per heavy atom. The van der Waals surface area contributed by atoms with E-state index in [2.05, 4.69) is 20.8 Å². The average Bonchev–Trinajstić information content (AvgIpc) is 2.64. The highest BCUT2D eigenvalue weighted by atomic mass is 14.1. The third-order valence-corrected chi connectivity index (χ3v) is 5.83. The minimum Gasteiger partial charge on any atom is -0.0654 e. The Morgan fingerprint density at radius 1 is 0.462 bits per heavy atom. The van der Waals surface area contributed by atoms with Gasteiger partial charge in [-0.05, 0) is 5.92 Å². The first-order valence-electron chi connectivity index (χ1n) is 12.4. The second-order valence-corrected chi connectivity index (χ2v) is 8.66. The largest absolute Gasteiger partial charge is 0.0654 e. The van der Waals surface area contributed by atoms with Crippen LogP contribution in [-0.4, -0.2) is 0 Å². The molecule has 0 amide bonds. The van der Waals surface area contributed by atoms with Crippen molar-refractivity contribution in [3.8, 4) is 0 Å². The van der Waals surface area contributed by atoms with E-state index in [0.717, 1.165) is 6.42 Å². The molecule has 0 spiro atoms. The molecule has 0 aliphatic carbocycles. The van der Waals surface area contributed by atoms with E-state index in [1.54, 1.807) is 0 Å². The van der Waals surface area contributed by atoms with Crippen molar-refractivity contribution in [1.29, 1.82) is 0 Å². The lowest BCUT2D eigenvalue weighted by atomic mass is 9.95. The average molecular weight is 365 g/mol. The fourth-order valence-corrected chi connectivity index (χ4v) is 3.91. The molecule has 0 nitrogen and oxygen atoms in total. The zero-order valence-electron chi connectivity index (χ0n) is 18.5. The molecule has 0 saturated carbocycles. The van der Waals surface area contributed by atoms with Gasteiger partial charge < -0.3 is 0 Å². The summed E-state index contributed by atoms with van der Waals surface area (Å²) in [5, 5.41) is 0. The summed E-state index contributed by atoms with van der Waals surface area (Å²) in [6.45, 7) is 10.6. The van der Waals surface area contributed by atoms with Crippen molar-refractivity contribution in [3.05, 3.63) is 13.8 Å². The maximum atomic E-state index is 4.38. The van der Waals surface area contributed by atoms with Crippen LogP contribution in [-0.2, 0) is 0 Å². The highest BCUT2D eigenvalue weighted by Gasteiger charge is 2.02. The molecule has 2 radical (unpaired) electrons. The second-order valence-electron chi connectivity index (χ2n) is 8.66. The zero-order chi connectivity index (χ0) is 19.1. The number of rotatable bonds is 22. The lowest BCUT2D eigenvalue weighted by Gasteiger charge is -2.11. The van der Waals surface area contributed by atoms with Crippen LogP contribution in [0.2, 0.25) is 0 Å². The summed E-state index contributed by atoms with van der Waals surface area (Å²) >= 11 is 0. The normalized spacial score (nSPS) is 12.6. The van der Waals surface area contributed by atoms with Crippen LogP contribution in [0.1, 0.15) is 148 Å². The van der Waals surface area contributed by atoms with E-state index < -0.39 is 0 Å². The van der Waals surface area contributed by atoms with Gasteiger partial charge in [0.25, 0.3) is 0 Å². The molecular weight excluding hydrogens is 312 g/mol. The van der Waals surface area contributed by atoms with E-state index in [4.69, 9.17) is 0 Å². The van der Waals surface area contributed by atoms with Crippen molar-refractivity contribution in [1.82, 2.24) is 0 Å². The Kier molecular flexibility index (Phi) is 23.0. The predicted molar refractivity (Wildman–Crippen MR) is 121 cm³/mol. The number of unbranched alkanes of at least 4 members (excludes halogenated alkanes) is 18. The summed E-state index contributed by atoms with van der Waals surface area (Å²) < 4.78 is 0. The molecule has 0 saturated heterocycles. The van der Waals surface area contributed by atoms with Gasteiger partial charge >= 0.3 is 0 Å². The third kappa shape index (κ3) is 22.0. The van der Waals surface area contributed by atoms with E-state index >= 15 is 0 Å². The van der Waals surface area contributed by atoms with Crippen molar-refractivity contribution in [3.63, 3.8) is 0 Å². The molecule has 0 aliphatic heterocycles. The molecule has 0 heterocycles. The zero-order valence-corrected chi connectivity index (χ0v) is 18.5. The van der Waals surface area contributed by atoms with E-state index in [-0.39, 0.29) is 0 Å².